The molecule has 2 aromatic rings. The van der Waals surface area contributed by atoms with Crippen LogP contribution in [0.5, 0.6) is 5.75 Å². The minimum atomic E-state index is 0.102. The molecule has 0 unspecified atom stereocenters. The topological polar surface area (TPSA) is 60.1 Å². The molecule has 1 fully saturated rings. The fraction of sp³-hybridized carbons (Fsp3) is 0.368. The maximum atomic E-state index is 12.2. The number of amides is 1. The predicted molar refractivity (Wildman–Crippen MR) is 95.6 cm³/mol. The number of methoxy groups -OCH3 is 1. The van der Waals surface area contributed by atoms with Gasteiger partial charge >= 0.3 is 0 Å². The summed E-state index contributed by atoms with van der Waals surface area (Å²) in [7, 11) is 1.65. The molecule has 1 aliphatic rings. The number of carbonyl (C=O) groups is 1. The van der Waals surface area contributed by atoms with Gasteiger partial charge in [-0.05, 0) is 23.8 Å². The Morgan fingerprint density at radius 3 is 2.60 bits per heavy atom. The first-order valence-corrected chi connectivity index (χ1v) is 8.69. The summed E-state index contributed by atoms with van der Waals surface area (Å²) in [6.07, 6.45) is 1.95. The zero-order valence-corrected chi connectivity index (χ0v) is 14.6. The number of H-pyrrole nitrogens is 1. The molecule has 3 rings (SSSR count). The molecule has 1 aromatic heterocycles. The Kier molecular flexibility index (Phi) is 5.85. The van der Waals surface area contributed by atoms with E-state index in [2.05, 4.69) is 21.3 Å². The van der Waals surface area contributed by atoms with Gasteiger partial charge in [0.15, 0.2) is 6.54 Å². The summed E-state index contributed by atoms with van der Waals surface area (Å²) in [5, 5.41) is 3.01. The molecule has 0 bridgehead atoms. The predicted octanol–water partition coefficient (Wildman–Crippen LogP) is -0.469. The highest BCUT2D eigenvalue weighted by atomic mass is 16.5. The molecule has 0 saturated carbocycles. The van der Waals surface area contributed by atoms with Crippen molar-refractivity contribution < 1.29 is 19.4 Å². The first kappa shape index (κ1) is 17.2. The highest BCUT2D eigenvalue weighted by Gasteiger charge is 2.26. The third-order valence-corrected chi connectivity index (χ3v) is 4.56. The lowest BCUT2D eigenvalue weighted by Gasteiger charge is -2.27. The molecule has 0 spiro atoms. The van der Waals surface area contributed by atoms with Gasteiger partial charge in [-0.2, -0.15) is 0 Å². The number of nitrogens with zero attached hydrogens (tertiary/aromatic N) is 1. The molecule has 25 heavy (non-hydrogen) atoms. The minimum absolute atomic E-state index is 0.102. The van der Waals surface area contributed by atoms with Crippen LogP contribution in [0, 0.1) is 0 Å². The van der Waals surface area contributed by atoms with E-state index in [0.29, 0.717) is 13.1 Å². The number of piperazine rings is 1. The fourth-order valence-corrected chi connectivity index (χ4v) is 3.05. The van der Waals surface area contributed by atoms with Crippen LogP contribution >= 0.6 is 0 Å². The van der Waals surface area contributed by atoms with E-state index < -0.39 is 0 Å². The summed E-state index contributed by atoms with van der Waals surface area (Å²) < 4.78 is 5.14. The number of hydrogen-bond donors (Lipinski definition) is 2. The number of ether oxygens (including phenoxy) is 1. The standard InChI is InChI=1S/C19H24N4O2/c1-25-17-7-5-16(6-8-17)14-21-19(24)15-22-10-12-23(13-11-22)18-4-2-3-9-20-18/h2-9H,10-15H2,1H3,(H,21,24)/p+2. The Hall–Kier alpha value is -2.60. The summed E-state index contributed by atoms with van der Waals surface area (Å²) in [6, 6.07) is 13.9. The summed E-state index contributed by atoms with van der Waals surface area (Å²) >= 11 is 0. The van der Waals surface area contributed by atoms with Crippen LogP contribution in [0.2, 0.25) is 0 Å². The van der Waals surface area contributed by atoms with Gasteiger partial charge in [-0.3, -0.25) is 9.69 Å². The zero-order valence-electron chi connectivity index (χ0n) is 14.6. The molecule has 1 amide bonds. The Morgan fingerprint density at radius 1 is 1.20 bits per heavy atom. The van der Waals surface area contributed by atoms with E-state index in [1.54, 1.807) is 7.11 Å². The number of pyridine rings is 1. The number of benzene rings is 1. The zero-order chi connectivity index (χ0) is 17.5. The van der Waals surface area contributed by atoms with Crippen LogP contribution in [0.3, 0.4) is 0 Å². The van der Waals surface area contributed by atoms with E-state index in [4.69, 9.17) is 4.74 Å². The van der Waals surface area contributed by atoms with E-state index in [-0.39, 0.29) is 5.91 Å². The second kappa shape index (κ2) is 8.48. The van der Waals surface area contributed by atoms with Crippen LogP contribution in [0.25, 0.3) is 0 Å². The lowest BCUT2D eigenvalue weighted by atomic mass is 10.2. The molecule has 1 aromatic carbocycles. The van der Waals surface area contributed by atoms with Gasteiger partial charge in [0.05, 0.1) is 13.3 Å². The molecular formula is C19H26N4O2+2. The second-order valence-electron chi connectivity index (χ2n) is 6.29. The van der Waals surface area contributed by atoms with Crippen molar-refractivity contribution in [1.82, 2.24) is 5.32 Å². The maximum absolute atomic E-state index is 12.2. The van der Waals surface area contributed by atoms with Crippen molar-refractivity contribution in [1.29, 1.82) is 0 Å². The number of nitrogens with one attached hydrogen (secondary N) is 3. The quantitative estimate of drug-likeness (QED) is 0.746. The van der Waals surface area contributed by atoms with Crippen LogP contribution in [0.4, 0.5) is 5.82 Å². The van der Waals surface area contributed by atoms with Crippen molar-refractivity contribution in [3.05, 3.63) is 54.2 Å². The smallest absolute Gasteiger partial charge is 0.275 e. The van der Waals surface area contributed by atoms with Gasteiger partial charge in [-0.1, -0.05) is 18.2 Å². The van der Waals surface area contributed by atoms with Gasteiger partial charge in [0.2, 0.25) is 0 Å². The summed E-state index contributed by atoms with van der Waals surface area (Å²) in [5.41, 5.74) is 1.08. The molecule has 3 N–H and O–H groups in total. The first-order valence-electron chi connectivity index (χ1n) is 8.69. The molecule has 0 aliphatic carbocycles. The maximum Gasteiger partial charge on any atom is 0.275 e. The molecule has 0 atom stereocenters. The van der Waals surface area contributed by atoms with E-state index in [1.807, 2.05) is 42.6 Å². The first-order chi connectivity index (χ1) is 12.2. The van der Waals surface area contributed by atoms with Crippen molar-refractivity contribution in [3.63, 3.8) is 0 Å². The largest absolute Gasteiger partial charge is 0.497 e. The normalized spacial score (nSPS) is 15.0. The highest BCUT2D eigenvalue weighted by molar-refractivity contribution is 5.76. The van der Waals surface area contributed by atoms with E-state index in [1.165, 1.54) is 4.90 Å². The monoisotopic (exact) mass is 342 g/mol. The van der Waals surface area contributed by atoms with E-state index >= 15 is 0 Å². The molecular weight excluding hydrogens is 316 g/mol. The number of anilines is 1. The molecule has 1 saturated heterocycles. The van der Waals surface area contributed by atoms with Crippen molar-refractivity contribution in [3.8, 4) is 5.75 Å². The van der Waals surface area contributed by atoms with Crippen molar-refractivity contribution in [2.45, 2.75) is 6.54 Å². The van der Waals surface area contributed by atoms with Crippen LogP contribution in [-0.2, 0) is 11.3 Å². The number of hydrogen-bond acceptors (Lipinski definition) is 3. The van der Waals surface area contributed by atoms with E-state index in [0.717, 1.165) is 43.3 Å². The Labute approximate surface area is 148 Å². The van der Waals surface area contributed by atoms with Gasteiger partial charge in [0.25, 0.3) is 11.7 Å². The molecule has 6 nitrogen and oxygen atoms in total. The van der Waals surface area contributed by atoms with Crippen molar-refractivity contribution in [2.75, 3.05) is 44.7 Å². The summed E-state index contributed by atoms with van der Waals surface area (Å²) in [6.45, 7) is 4.95. The third kappa shape index (κ3) is 4.93. The lowest BCUT2D eigenvalue weighted by molar-refractivity contribution is -0.892. The SMILES string of the molecule is COc1ccc(CNC(=O)C[NH+]2CCN(c3cccc[nH+]3)CC2)cc1. The van der Waals surface area contributed by atoms with Crippen LogP contribution in [-0.4, -0.2) is 45.7 Å². The Balaban J connectivity index is 1.40. The van der Waals surface area contributed by atoms with Crippen molar-refractivity contribution in [2.24, 2.45) is 0 Å². The number of aromatic amines is 1. The van der Waals surface area contributed by atoms with Gasteiger partial charge in [0.1, 0.15) is 31.9 Å². The lowest BCUT2D eigenvalue weighted by Crippen LogP contribution is -3.16. The third-order valence-electron chi connectivity index (χ3n) is 4.56. The van der Waals surface area contributed by atoms with Gasteiger partial charge < -0.3 is 15.0 Å². The summed E-state index contributed by atoms with van der Waals surface area (Å²) in [4.78, 5) is 19.1. The molecule has 1 aliphatic heterocycles. The van der Waals surface area contributed by atoms with Crippen LogP contribution in [0.15, 0.2) is 48.7 Å². The molecule has 132 valence electrons. The Bertz CT molecular complexity index is 668. The molecule has 6 heteroatoms. The average Bonchev–Trinajstić information content (AvgIpc) is 2.68. The second-order valence-corrected chi connectivity index (χ2v) is 6.29. The number of aromatic nitrogens is 1. The van der Waals surface area contributed by atoms with E-state index in [9.17, 15) is 4.79 Å². The average molecular weight is 342 g/mol. The summed E-state index contributed by atoms with van der Waals surface area (Å²) in [5.74, 6) is 2.07. The fourth-order valence-electron chi connectivity index (χ4n) is 3.05. The van der Waals surface area contributed by atoms with Crippen molar-refractivity contribution >= 4 is 11.7 Å². The van der Waals surface area contributed by atoms with Crippen LogP contribution in [0.1, 0.15) is 5.56 Å². The van der Waals surface area contributed by atoms with Gasteiger partial charge in [-0.25, -0.2) is 4.98 Å². The Morgan fingerprint density at radius 2 is 1.96 bits per heavy atom. The van der Waals surface area contributed by atoms with Gasteiger partial charge in [-0.15, -0.1) is 0 Å². The van der Waals surface area contributed by atoms with Gasteiger partial charge in [0, 0.05) is 12.6 Å². The number of quaternary nitrogens is 1. The number of carbonyl (C=O) groups excluding carboxylic acids is 1. The highest BCUT2D eigenvalue weighted by Crippen LogP contribution is 2.10. The molecule has 2 heterocycles. The minimum Gasteiger partial charge on any atom is -0.497 e. The van der Waals surface area contributed by atoms with Crippen LogP contribution < -0.4 is 24.8 Å². The molecule has 0 radical (unpaired) electrons. The number of rotatable bonds is 6.